The summed E-state index contributed by atoms with van der Waals surface area (Å²) in [6.07, 6.45) is 0.836. The molecule has 0 radical (unpaired) electrons. The standard InChI is InChI=1S/C20H23ClN4O2/c1-25-11-10-18(19(25)26)22-12-15-4-8-17(9-5-15)24-20(27)23-13-14-2-6-16(21)7-3-14/h2-9,18,22H,10-13H2,1H3,(H2,23,24,27)/t18-/m1/s1. The zero-order valence-electron chi connectivity index (χ0n) is 15.2. The molecule has 1 fully saturated rings. The van der Waals surface area contributed by atoms with Crippen LogP contribution < -0.4 is 16.0 Å². The fourth-order valence-corrected chi connectivity index (χ4v) is 3.04. The number of nitrogens with one attached hydrogen (secondary N) is 3. The summed E-state index contributed by atoms with van der Waals surface area (Å²) in [5, 5.41) is 9.56. The average Bonchev–Trinajstić information content (AvgIpc) is 2.99. The number of carbonyl (C=O) groups is 2. The Morgan fingerprint density at radius 2 is 1.70 bits per heavy atom. The lowest BCUT2D eigenvalue weighted by atomic mass is 10.2. The molecule has 7 heteroatoms. The highest BCUT2D eigenvalue weighted by molar-refractivity contribution is 6.30. The normalized spacial score (nSPS) is 16.4. The minimum absolute atomic E-state index is 0.105. The third kappa shape index (κ3) is 5.45. The third-order valence-corrected chi connectivity index (χ3v) is 4.81. The van der Waals surface area contributed by atoms with Crippen LogP contribution in [0.1, 0.15) is 17.5 Å². The highest BCUT2D eigenvalue weighted by Crippen LogP contribution is 2.13. The predicted octanol–water partition coefficient (Wildman–Crippen LogP) is 2.98. The van der Waals surface area contributed by atoms with E-state index in [1.54, 1.807) is 17.0 Å². The molecule has 2 aromatic carbocycles. The minimum atomic E-state index is -0.268. The number of hydrogen-bond donors (Lipinski definition) is 3. The van der Waals surface area contributed by atoms with Gasteiger partial charge in [0.05, 0.1) is 6.04 Å². The smallest absolute Gasteiger partial charge is 0.319 e. The summed E-state index contributed by atoms with van der Waals surface area (Å²) in [5.41, 5.74) is 2.75. The van der Waals surface area contributed by atoms with Crippen LogP contribution in [0.5, 0.6) is 0 Å². The molecule has 3 rings (SSSR count). The van der Waals surface area contributed by atoms with Crippen LogP contribution in [0.25, 0.3) is 0 Å². The maximum atomic E-state index is 12.0. The minimum Gasteiger partial charge on any atom is -0.344 e. The van der Waals surface area contributed by atoms with Crippen LogP contribution in [0, 0.1) is 0 Å². The Morgan fingerprint density at radius 3 is 2.33 bits per heavy atom. The highest BCUT2D eigenvalue weighted by atomic mass is 35.5. The first kappa shape index (κ1) is 19.2. The van der Waals surface area contributed by atoms with Gasteiger partial charge in [-0.25, -0.2) is 4.79 Å². The Kier molecular flexibility index (Phi) is 6.32. The molecule has 1 saturated heterocycles. The Labute approximate surface area is 163 Å². The number of nitrogens with zero attached hydrogens (tertiary/aromatic N) is 1. The fraction of sp³-hybridized carbons (Fsp3) is 0.300. The van der Waals surface area contributed by atoms with E-state index >= 15 is 0 Å². The van der Waals surface area contributed by atoms with Crippen LogP contribution in [0.2, 0.25) is 5.02 Å². The van der Waals surface area contributed by atoms with E-state index < -0.39 is 0 Å². The Morgan fingerprint density at radius 1 is 1.07 bits per heavy atom. The van der Waals surface area contributed by atoms with Crippen LogP contribution in [0.15, 0.2) is 48.5 Å². The fourth-order valence-electron chi connectivity index (χ4n) is 2.92. The van der Waals surface area contributed by atoms with Gasteiger partial charge in [-0.1, -0.05) is 35.9 Å². The van der Waals surface area contributed by atoms with Crippen molar-refractivity contribution in [1.29, 1.82) is 0 Å². The van der Waals surface area contributed by atoms with Crippen molar-refractivity contribution in [2.24, 2.45) is 0 Å². The summed E-state index contributed by atoms with van der Waals surface area (Å²) in [6, 6.07) is 14.5. The van der Waals surface area contributed by atoms with E-state index in [1.165, 1.54) is 0 Å². The van der Waals surface area contributed by atoms with Crippen molar-refractivity contribution in [2.75, 3.05) is 18.9 Å². The quantitative estimate of drug-likeness (QED) is 0.714. The van der Waals surface area contributed by atoms with E-state index in [1.807, 2.05) is 43.4 Å². The molecular weight excluding hydrogens is 364 g/mol. The first-order chi connectivity index (χ1) is 13.0. The second-order valence-corrected chi connectivity index (χ2v) is 7.05. The molecular formula is C20H23ClN4O2. The van der Waals surface area contributed by atoms with Crippen molar-refractivity contribution in [3.8, 4) is 0 Å². The molecule has 2 aromatic rings. The number of anilines is 1. The molecule has 0 saturated carbocycles. The zero-order valence-corrected chi connectivity index (χ0v) is 15.9. The van der Waals surface area contributed by atoms with Gasteiger partial charge in [0.1, 0.15) is 0 Å². The average molecular weight is 387 g/mol. The maximum Gasteiger partial charge on any atom is 0.319 e. The van der Waals surface area contributed by atoms with Gasteiger partial charge in [-0.3, -0.25) is 4.79 Å². The summed E-state index contributed by atoms with van der Waals surface area (Å²) in [4.78, 5) is 25.6. The molecule has 27 heavy (non-hydrogen) atoms. The first-order valence-electron chi connectivity index (χ1n) is 8.88. The van der Waals surface area contributed by atoms with Gasteiger partial charge in [0.15, 0.2) is 0 Å². The van der Waals surface area contributed by atoms with Gasteiger partial charge < -0.3 is 20.9 Å². The molecule has 0 spiro atoms. The van der Waals surface area contributed by atoms with Crippen molar-refractivity contribution in [1.82, 2.24) is 15.5 Å². The zero-order chi connectivity index (χ0) is 19.2. The number of likely N-dealkylation sites (tertiary alicyclic amines) is 1. The van der Waals surface area contributed by atoms with Crippen LogP contribution >= 0.6 is 11.6 Å². The number of benzene rings is 2. The number of halogens is 1. The first-order valence-corrected chi connectivity index (χ1v) is 9.25. The number of carbonyl (C=O) groups excluding carboxylic acids is 2. The van der Waals surface area contributed by atoms with Crippen LogP contribution in [-0.2, 0) is 17.9 Å². The summed E-state index contributed by atoms with van der Waals surface area (Å²) >= 11 is 5.84. The van der Waals surface area contributed by atoms with E-state index in [0.29, 0.717) is 23.8 Å². The van der Waals surface area contributed by atoms with Gasteiger partial charge in [0, 0.05) is 37.4 Å². The van der Waals surface area contributed by atoms with E-state index in [0.717, 1.165) is 24.1 Å². The molecule has 1 atom stereocenters. The maximum absolute atomic E-state index is 12.0. The molecule has 3 amide bonds. The Hall–Kier alpha value is -2.57. The molecule has 1 heterocycles. The van der Waals surface area contributed by atoms with Crippen LogP contribution in [0.3, 0.4) is 0 Å². The number of hydrogen-bond acceptors (Lipinski definition) is 3. The topological polar surface area (TPSA) is 73.5 Å². The summed E-state index contributed by atoms with van der Waals surface area (Å²) in [5.74, 6) is 0.144. The number of amides is 3. The molecule has 3 N–H and O–H groups in total. The molecule has 6 nitrogen and oxygen atoms in total. The van der Waals surface area contributed by atoms with Gasteiger partial charge in [-0.05, 0) is 41.8 Å². The van der Waals surface area contributed by atoms with Crippen LogP contribution in [0.4, 0.5) is 10.5 Å². The van der Waals surface area contributed by atoms with E-state index in [4.69, 9.17) is 11.6 Å². The molecule has 0 unspecified atom stereocenters. The molecule has 0 bridgehead atoms. The van der Waals surface area contributed by atoms with Crippen molar-refractivity contribution < 1.29 is 9.59 Å². The van der Waals surface area contributed by atoms with Gasteiger partial charge in [0.2, 0.25) is 5.91 Å². The van der Waals surface area contributed by atoms with Gasteiger partial charge in [-0.15, -0.1) is 0 Å². The number of rotatable bonds is 6. The largest absolute Gasteiger partial charge is 0.344 e. The SMILES string of the molecule is CN1CC[C@@H](NCc2ccc(NC(=O)NCc3ccc(Cl)cc3)cc2)C1=O. The van der Waals surface area contributed by atoms with Crippen molar-refractivity contribution >= 4 is 29.2 Å². The van der Waals surface area contributed by atoms with Gasteiger partial charge in [0.25, 0.3) is 0 Å². The number of urea groups is 1. The lowest BCUT2D eigenvalue weighted by Gasteiger charge is -2.13. The second kappa shape index (κ2) is 8.88. The lowest BCUT2D eigenvalue weighted by Crippen LogP contribution is -2.36. The van der Waals surface area contributed by atoms with E-state index in [9.17, 15) is 9.59 Å². The van der Waals surface area contributed by atoms with Crippen molar-refractivity contribution in [2.45, 2.75) is 25.6 Å². The Balaban J connectivity index is 1.43. The molecule has 1 aliphatic rings. The second-order valence-electron chi connectivity index (χ2n) is 6.61. The molecule has 0 aliphatic carbocycles. The number of likely N-dealkylation sites (N-methyl/N-ethyl adjacent to an activating group) is 1. The lowest BCUT2D eigenvalue weighted by molar-refractivity contribution is -0.128. The Bertz CT molecular complexity index is 793. The molecule has 1 aliphatic heterocycles. The molecule has 0 aromatic heterocycles. The summed E-state index contributed by atoms with van der Waals surface area (Å²) < 4.78 is 0. The van der Waals surface area contributed by atoms with Crippen LogP contribution in [-0.4, -0.2) is 36.5 Å². The highest BCUT2D eigenvalue weighted by Gasteiger charge is 2.28. The monoisotopic (exact) mass is 386 g/mol. The van der Waals surface area contributed by atoms with Crippen molar-refractivity contribution in [3.63, 3.8) is 0 Å². The van der Waals surface area contributed by atoms with E-state index in [-0.39, 0.29) is 18.0 Å². The summed E-state index contributed by atoms with van der Waals surface area (Å²) in [7, 11) is 1.82. The molecule has 142 valence electrons. The predicted molar refractivity (Wildman–Crippen MR) is 107 cm³/mol. The van der Waals surface area contributed by atoms with Gasteiger partial charge in [-0.2, -0.15) is 0 Å². The summed E-state index contributed by atoms with van der Waals surface area (Å²) in [6.45, 7) is 1.84. The van der Waals surface area contributed by atoms with Crippen molar-refractivity contribution in [3.05, 3.63) is 64.7 Å². The third-order valence-electron chi connectivity index (χ3n) is 4.56. The van der Waals surface area contributed by atoms with E-state index in [2.05, 4.69) is 16.0 Å². The van der Waals surface area contributed by atoms with Gasteiger partial charge >= 0.3 is 6.03 Å².